The number of halogens is 3. The Morgan fingerprint density at radius 1 is 0.891 bits per heavy atom. The summed E-state index contributed by atoms with van der Waals surface area (Å²) in [6.07, 6.45) is 0.199. The van der Waals surface area contributed by atoms with Crippen molar-refractivity contribution in [3.8, 4) is 0 Å². The highest BCUT2D eigenvalue weighted by molar-refractivity contribution is 9.10. The number of hydrogen-bond acceptors (Lipinski definition) is 4. The first-order valence-corrected chi connectivity index (χ1v) is 17.7. The highest BCUT2D eigenvalue weighted by Gasteiger charge is 2.35. The Labute approximate surface area is 289 Å². The lowest BCUT2D eigenvalue weighted by Gasteiger charge is -2.34. The van der Waals surface area contributed by atoms with Gasteiger partial charge in [-0.1, -0.05) is 107 Å². The zero-order valence-corrected chi connectivity index (χ0v) is 29.7. The molecule has 2 amide bonds. The molecule has 0 saturated carbocycles. The Morgan fingerprint density at radius 3 is 2.15 bits per heavy atom. The number of nitrogens with one attached hydrogen (secondary N) is 1. The molecule has 242 valence electrons. The van der Waals surface area contributed by atoms with Gasteiger partial charge >= 0.3 is 0 Å². The summed E-state index contributed by atoms with van der Waals surface area (Å²) < 4.78 is 30.1. The maximum absolute atomic E-state index is 14.5. The molecule has 7 nitrogen and oxygen atoms in total. The van der Waals surface area contributed by atoms with E-state index in [9.17, 15) is 18.0 Å². The quantitative estimate of drug-likeness (QED) is 0.152. The van der Waals surface area contributed by atoms with Gasteiger partial charge in [-0.2, -0.15) is 0 Å². The van der Waals surface area contributed by atoms with E-state index in [1.165, 1.54) is 17.0 Å². The highest BCUT2D eigenvalue weighted by Crippen LogP contribution is 2.28. The number of anilines is 1. The van der Waals surface area contributed by atoms with Crippen LogP contribution < -0.4 is 9.62 Å². The number of aryl methyl sites for hydroxylation is 1. The van der Waals surface area contributed by atoms with Gasteiger partial charge in [-0.15, -0.1) is 0 Å². The van der Waals surface area contributed by atoms with Gasteiger partial charge in [-0.3, -0.25) is 13.9 Å². The van der Waals surface area contributed by atoms with Gasteiger partial charge in [0.2, 0.25) is 11.8 Å². The lowest BCUT2D eigenvalue weighted by molar-refractivity contribution is -0.140. The molecular formula is C35H36BrCl2N3O4S. The fourth-order valence-corrected chi connectivity index (χ4v) is 6.93. The minimum absolute atomic E-state index is 0.0385. The smallest absolute Gasteiger partial charge is 0.264 e. The SMILES string of the molecule is Cc1ccc(S(=O)(=O)N(CC(=O)N(Cc2ccc(Cl)cc2Cl)[C@H](Cc2ccccc2)C(=O)NCC(C)C)c2ccc(Br)cc2)cc1. The Kier molecular flexibility index (Phi) is 12.3. The molecule has 0 unspecified atom stereocenters. The van der Waals surface area contributed by atoms with Gasteiger partial charge in [-0.05, 0) is 72.5 Å². The second kappa shape index (κ2) is 16.0. The Bertz CT molecular complexity index is 1750. The molecule has 0 radical (unpaired) electrons. The van der Waals surface area contributed by atoms with Crippen LogP contribution in [0.2, 0.25) is 10.0 Å². The van der Waals surface area contributed by atoms with Crippen molar-refractivity contribution in [3.63, 3.8) is 0 Å². The van der Waals surface area contributed by atoms with E-state index in [-0.39, 0.29) is 29.7 Å². The number of sulfonamides is 1. The van der Waals surface area contributed by atoms with Crippen molar-refractivity contribution in [3.05, 3.63) is 128 Å². The van der Waals surface area contributed by atoms with Gasteiger partial charge < -0.3 is 10.2 Å². The number of hydrogen-bond donors (Lipinski definition) is 1. The average Bonchev–Trinajstić information content (AvgIpc) is 3.02. The molecule has 4 aromatic carbocycles. The van der Waals surface area contributed by atoms with Crippen LogP contribution in [0.3, 0.4) is 0 Å². The molecule has 0 fully saturated rings. The summed E-state index contributed by atoms with van der Waals surface area (Å²) >= 11 is 16.1. The van der Waals surface area contributed by atoms with Gasteiger partial charge in [0.25, 0.3) is 10.0 Å². The Hall–Kier alpha value is -3.37. The van der Waals surface area contributed by atoms with E-state index in [1.54, 1.807) is 54.6 Å². The standard InChI is InChI=1S/C35H36BrCl2N3O4S/c1-24(2)21-39-35(43)33(19-26-7-5-4-6-8-26)40(22-27-11-14-29(37)20-32(27)38)34(42)23-41(30-15-12-28(36)13-16-30)46(44,45)31-17-9-25(3)10-18-31/h4-18,20,24,33H,19,21-23H2,1-3H3,(H,39,43)/t33-/m1/s1. The largest absolute Gasteiger partial charge is 0.354 e. The fraction of sp³-hybridized carbons (Fsp3) is 0.257. The van der Waals surface area contributed by atoms with Crippen LogP contribution in [0.5, 0.6) is 0 Å². The summed E-state index contributed by atoms with van der Waals surface area (Å²) in [6.45, 7) is 5.61. The lowest BCUT2D eigenvalue weighted by atomic mass is 10.0. The van der Waals surface area contributed by atoms with Crippen molar-refractivity contribution in [2.45, 2.75) is 44.7 Å². The number of rotatable bonds is 13. The molecule has 46 heavy (non-hydrogen) atoms. The third-order valence-electron chi connectivity index (χ3n) is 7.31. The average molecular weight is 746 g/mol. The normalized spacial score (nSPS) is 12.1. The molecule has 4 rings (SSSR count). The van der Waals surface area contributed by atoms with Crippen LogP contribution in [0.25, 0.3) is 0 Å². The molecule has 0 aliphatic carbocycles. The van der Waals surface area contributed by atoms with Crippen LogP contribution in [-0.2, 0) is 32.6 Å². The lowest BCUT2D eigenvalue weighted by Crippen LogP contribution is -2.53. The van der Waals surface area contributed by atoms with Crippen LogP contribution >= 0.6 is 39.1 Å². The minimum Gasteiger partial charge on any atom is -0.354 e. The zero-order valence-electron chi connectivity index (χ0n) is 25.8. The fourth-order valence-electron chi connectivity index (χ4n) is 4.78. The number of amides is 2. The van der Waals surface area contributed by atoms with E-state index in [4.69, 9.17) is 23.2 Å². The molecule has 0 saturated heterocycles. The summed E-state index contributed by atoms with van der Waals surface area (Å²) in [5.41, 5.74) is 2.59. The third-order valence-corrected chi connectivity index (χ3v) is 10.2. The van der Waals surface area contributed by atoms with Crippen molar-refractivity contribution in [1.82, 2.24) is 10.2 Å². The topological polar surface area (TPSA) is 86.8 Å². The molecule has 0 aliphatic heterocycles. The van der Waals surface area contributed by atoms with Crippen LogP contribution in [0.1, 0.15) is 30.5 Å². The van der Waals surface area contributed by atoms with Crippen molar-refractivity contribution < 1.29 is 18.0 Å². The summed E-state index contributed by atoms with van der Waals surface area (Å²) in [7, 11) is -4.20. The molecule has 0 heterocycles. The van der Waals surface area contributed by atoms with Crippen LogP contribution in [0.15, 0.2) is 106 Å². The summed E-state index contributed by atoms with van der Waals surface area (Å²) in [5, 5.41) is 3.72. The van der Waals surface area contributed by atoms with E-state index in [2.05, 4.69) is 21.2 Å². The number of carbonyl (C=O) groups is 2. The minimum atomic E-state index is -4.20. The molecule has 0 aliphatic rings. The maximum Gasteiger partial charge on any atom is 0.264 e. The number of carbonyl (C=O) groups excluding carboxylic acids is 2. The molecule has 1 atom stereocenters. The molecule has 11 heteroatoms. The first-order valence-electron chi connectivity index (χ1n) is 14.7. The molecule has 4 aromatic rings. The van der Waals surface area contributed by atoms with Crippen molar-refractivity contribution in [2.24, 2.45) is 5.92 Å². The second-order valence-corrected chi connectivity index (χ2v) is 15.0. The maximum atomic E-state index is 14.5. The first-order chi connectivity index (χ1) is 21.8. The van der Waals surface area contributed by atoms with E-state index in [0.717, 1.165) is 19.9 Å². The molecular weight excluding hydrogens is 709 g/mol. The monoisotopic (exact) mass is 743 g/mol. The third kappa shape index (κ3) is 9.35. The molecule has 0 aromatic heterocycles. The van der Waals surface area contributed by atoms with Crippen LogP contribution in [0.4, 0.5) is 5.69 Å². The number of benzene rings is 4. The summed E-state index contributed by atoms with van der Waals surface area (Å²) in [4.78, 5) is 29.9. The predicted molar refractivity (Wildman–Crippen MR) is 189 cm³/mol. The molecule has 1 N–H and O–H groups in total. The zero-order chi connectivity index (χ0) is 33.4. The molecule has 0 spiro atoms. The Balaban J connectivity index is 1.81. The molecule has 0 bridgehead atoms. The second-order valence-electron chi connectivity index (χ2n) is 11.4. The van der Waals surface area contributed by atoms with Crippen molar-refractivity contribution in [1.29, 1.82) is 0 Å². The van der Waals surface area contributed by atoms with E-state index >= 15 is 0 Å². The summed E-state index contributed by atoms with van der Waals surface area (Å²) in [6, 6.07) is 26.4. The van der Waals surface area contributed by atoms with E-state index in [0.29, 0.717) is 27.8 Å². The van der Waals surface area contributed by atoms with E-state index in [1.807, 2.05) is 51.1 Å². The highest BCUT2D eigenvalue weighted by atomic mass is 79.9. The van der Waals surface area contributed by atoms with Crippen LogP contribution in [-0.4, -0.2) is 44.3 Å². The van der Waals surface area contributed by atoms with Gasteiger partial charge in [0.15, 0.2) is 0 Å². The van der Waals surface area contributed by atoms with Gasteiger partial charge in [-0.25, -0.2) is 8.42 Å². The van der Waals surface area contributed by atoms with Gasteiger partial charge in [0.1, 0.15) is 12.6 Å². The van der Waals surface area contributed by atoms with Gasteiger partial charge in [0, 0.05) is 34.0 Å². The first kappa shape index (κ1) is 35.5. The summed E-state index contributed by atoms with van der Waals surface area (Å²) in [5.74, 6) is -0.762. The Morgan fingerprint density at radius 2 is 1.54 bits per heavy atom. The van der Waals surface area contributed by atoms with Gasteiger partial charge in [0.05, 0.1) is 10.6 Å². The predicted octanol–water partition coefficient (Wildman–Crippen LogP) is 7.67. The number of nitrogens with zero attached hydrogens (tertiary/aromatic N) is 2. The van der Waals surface area contributed by atoms with E-state index < -0.39 is 28.5 Å². The van der Waals surface area contributed by atoms with Crippen molar-refractivity contribution >= 4 is 66.7 Å². The van der Waals surface area contributed by atoms with Crippen LogP contribution in [0, 0.1) is 12.8 Å². The van der Waals surface area contributed by atoms with Crippen molar-refractivity contribution in [2.75, 3.05) is 17.4 Å².